The van der Waals surface area contributed by atoms with Crippen LogP contribution >= 0.6 is 27.3 Å². The molecule has 1 atom stereocenters. The molecule has 0 saturated carbocycles. The molecule has 108 valence electrons. The number of likely N-dealkylation sites (N-methyl/N-ethyl adjacent to an activating group) is 1. The van der Waals surface area contributed by atoms with Crippen molar-refractivity contribution in [3.05, 3.63) is 63.3 Å². The standard InChI is InChI=1S/C16H14BrFN2S/c1-19-14(8-10-6-7-11(18)9-12(10)17)16-20-13-4-2-3-5-15(13)21-16/h2-7,9,14,19H,8H2,1H3. The summed E-state index contributed by atoms with van der Waals surface area (Å²) in [5, 5.41) is 4.35. The molecule has 5 heteroatoms. The molecule has 0 aliphatic rings. The van der Waals surface area contributed by atoms with Gasteiger partial charge in [0.05, 0.1) is 16.3 Å². The summed E-state index contributed by atoms with van der Waals surface area (Å²) in [5.41, 5.74) is 2.09. The first-order valence-electron chi connectivity index (χ1n) is 6.64. The van der Waals surface area contributed by atoms with Gasteiger partial charge in [0, 0.05) is 4.47 Å². The molecule has 1 heterocycles. The van der Waals surface area contributed by atoms with Crippen LogP contribution in [0.1, 0.15) is 16.6 Å². The zero-order valence-electron chi connectivity index (χ0n) is 11.4. The summed E-state index contributed by atoms with van der Waals surface area (Å²) in [4.78, 5) is 4.69. The predicted molar refractivity (Wildman–Crippen MR) is 89.2 cm³/mol. The summed E-state index contributed by atoms with van der Waals surface area (Å²) >= 11 is 5.12. The number of hydrogen-bond acceptors (Lipinski definition) is 3. The van der Waals surface area contributed by atoms with E-state index in [1.807, 2.05) is 31.3 Å². The van der Waals surface area contributed by atoms with Crippen LogP contribution in [0.2, 0.25) is 0 Å². The summed E-state index contributed by atoms with van der Waals surface area (Å²) < 4.78 is 15.2. The van der Waals surface area contributed by atoms with E-state index < -0.39 is 0 Å². The lowest BCUT2D eigenvalue weighted by Crippen LogP contribution is -2.18. The van der Waals surface area contributed by atoms with Gasteiger partial charge < -0.3 is 5.32 Å². The quantitative estimate of drug-likeness (QED) is 0.725. The lowest BCUT2D eigenvalue weighted by atomic mass is 10.1. The molecule has 0 saturated heterocycles. The van der Waals surface area contributed by atoms with Crippen molar-refractivity contribution in [3.63, 3.8) is 0 Å². The van der Waals surface area contributed by atoms with Crippen LogP contribution in [0.4, 0.5) is 4.39 Å². The molecule has 1 unspecified atom stereocenters. The first-order valence-corrected chi connectivity index (χ1v) is 8.25. The smallest absolute Gasteiger partial charge is 0.124 e. The Kier molecular flexibility index (Phi) is 4.33. The van der Waals surface area contributed by atoms with E-state index in [-0.39, 0.29) is 11.9 Å². The largest absolute Gasteiger partial charge is 0.311 e. The third kappa shape index (κ3) is 3.15. The van der Waals surface area contributed by atoms with E-state index >= 15 is 0 Å². The molecule has 1 N–H and O–H groups in total. The fourth-order valence-corrected chi connectivity index (χ4v) is 3.85. The number of benzene rings is 2. The molecule has 0 bridgehead atoms. The van der Waals surface area contributed by atoms with Crippen LogP contribution in [0, 0.1) is 5.82 Å². The van der Waals surface area contributed by atoms with Crippen molar-refractivity contribution in [2.75, 3.05) is 7.05 Å². The van der Waals surface area contributed by atoms with Crippen molar-refractivity contribution in [3.8, 4) is 0 Å². The van der Waals surface area contributed by atoms with Crippen molar-refractivity contribution in [2.45, 2.75) is 12.5 Å². The Balaban J connectivity index is 1.90. The van der Waals surface area contributed by atoms with E-state index in [1.165, 1.54) is 16.8 Å². The van der Waals surface area contributed by atoms with Gasteiger partial charge in [-0.3, -0.25) is 0 Å². The third-order valence-electron chi connectivity index (χ3n) is 3.40. The zero-order chi connectivity index (χ0) is 14.8. The number of para-hydroxylation sites is 1. The molecule has 0 aliphatic carbocycles. The second-order valence-corrected chi connectivity index (χ2v) is 6.72. The Morgan fingerprint density at radius 1 is 1.29 bits per heavy atom. The molecule has 0 amide bonds. The monoisotopic (exact) mass is 364 g/mol. The SMILES string of the molecule is CNC(Cc1ccc(F)cc1Br)c1nc2ccccc2s1. The molecule has 2 aromatic carbocycles. The molecule has 1 aromatic heterocycles. The average molecular weight is 365 g/mol. The fraction of sp³-hybridized carbons (Fsp3) is 0.188. The van der Waals surface area contributed by atoms with Crippen molar-refractivity contribution >= 4 is 37.5 Å². The molecule has 0 radical (unpaired) electrons. The Morgan fingerprint density at radius 3 is 2.81 bits per heavy atom. The van der Waals surface area contributed by atoms with Gasteiger partial charge in [0.2, 0.25) is 0 Å². The fourth-order valence-electron chi connectivity index (χ4n) is 2.26. The number of aromatic nitrogens is 1. The number of fused-ring (bicyclic) bond motifs is 1. The normalized spacial score (nSPS) is 12.7. The highest BCUT2D eigenvalue weighted by molar-refractivity contribution is 9.10. The summed E-state index contributed by atoms with van der Waals surface area (Å²) in [6.45, 7) is 0. The maximum atomic E-state index is 13.2. The van der Waals surface area contributed by atoms with Crippen LogP contribution in [0.3, 0.4) is 0 Å². The topological polar surface area (TPSA) is 24.9 Å². The van der Waals surface area contributed by atoms with Crippen molar-refractivity contribution in [1.82, 2.24) is 10.3 Å². The van der Waals surface area contributed by atoms with Crippen LogP contribution in [0.15, 0.2) is 46.9 Å². The highest BCUT2D eigenvalue weighted by atomic mass is 79.9. The van der Waals surface area contributed by atoms with Gasteiger partial charge in [-0.25, -0.2) is 9.37 Å². The minimum atomic E-state index is -0.230. The molecule has 0 fully saturated rings. The Labute approximate surface area is 135 Å². The van der Waals surface area contributed by atoms with Crippen LogP contribution in [-0.4, -0.2) is 12.0 Å². The summed E-state index contributed by atoms with van der Waals surface area (Å²) in [7, 11) is 1.92. The zero-order valence-corrected chi connectivity index (χ0v) is 13.8. The molecule has 0 aliphatic heterocycles. The second-order valence-electron chi connectivity index (χ2n) is 4.80. The summed E-state index contributed by atoms with van der Waals surface area (Å²) in [6, 6.07) is 13.0. The van der Waals surface area contributed by atoms with Crippen LogP contribution in [-0.2, 0) is 6.42 Å². The average Bonchev–Trinajstić information content (AvgIpc) is 2.90. The highest BCUT2D eigenvalue weighted by Gasteiger charge is 2.16. The van der Waals surface area contributed by atoms with E-state index in [0.29, 0.717) is 0 Å². The number of rotatable bonds is 4. The van der Waals surface area contributed by atoms with Gasteiger partial charge in [0.25, 0.3) is 0 Å². The molecule has 0 spiro atoms. The minimum absolute atomic E-state index is 0.115. The van der Waals surface area contributed by atoms with E-state index in [4.69, 9.17) is 4.98 Å². The van der Waals surface area contributed by atoms with Crippen LogP contribution < -0.4 is 5.32 Å². The van der Waals surface area contributed by atoms with E-state index in [2.05, 4.69) is 27.3 Å². The van der Waals surface area contributed by atoms with Crippen molar-refractivity contribution < 1.29 is 4.39 Å². The van der Waals surface area contributed by atoms with Gasteiger partial charge in [0.15, 0.2) is 0 Å². The van der Waals surface area contributed by atoms with Gasteiger partial charge in [-0.2, -0.15) is 0 Å². The lowest BCUT2D eigenvalue weighted by molar-refractivity contribution is 0.585. The van der Waals surface area contributed by atoms with Gasteiger partial charge in [-0.1, -0.05) is 34.1 Å². The van der Waals surface area contributed by atoms with Crippen molar-refractivity contribution in [1.29, 1.82) is 0 Å². The van der Waals surface area contributed by atoms with Crippen LogP contribution in [0.25, 0.3) is 10.2 Å². The number of nitrogens with zero attached hydrogens (tertiary/aromatic N) is 1. The van der Waals surface area contributed by atoms with Crippen LogP contribution in [0.5, 0.6) is 0 Å². The van der Waals surface area contributed by atoms with Gasteiger partial charge in [-0.05, 0) is 43.3 Å². The molecule has 3 aromatic rings. The maximum Gasteiger partial charge on any atom is 0.124 e. The Bertz CT molecular complexity index is 739. The lowest BCUT2D eigenvalue weighted by Gasteiger charge is -2.14. The minimum Gasteiger partial charge on any atom is -0.311 e. The van der Waals surface area contributed by atoms with Gasteiger partial charge in [-0.15, -0.1) is 11.3 Å². The summed E-state index contributed by atoms with van der Waals surface area (Å²) in [6.07, 6.45) is 0.761. The number of nitrogens with one attached hydrogen (secondary N) is 1. The van der Waals surface area contributed by atoms with Gasteiger partial charge >= 0.3 is 0 Å². The highest BCUT2D eigenvalue weighted by Crippen LogP contribution is 2.30. The van der Waals surface area contributed by atoms with Crippen molar-refractivity contribution in [2.24, 2.45) is 0 Å². The molecular weight excluding hydrogens is 351 g/mol. The van der Waals surface area contributed by atoms with E-state index in [9.17, 15) is 4.39 Å². The number of thiazole rings is 1. The first-order chi connectivity index (χ1) is 10.2. The summed E-state index contributed by atoms with van der Waals surface area (Å²) in [5.74, 6) is -0.230. The number of hydrogen-bond donors (Lipinski definition) is 1. The molecule has 2 nitrogen and oxygen atoms in total. The first kappa shape index (κ1) is 14.6. The predicted octanol–water partition coefficient (Wildman–Crippen LogP) is 4.70. The Morgan fingerprint density at radius 2 is 2.10 bits per heavy atom. The van der Waals surface area contributed by atoms with E-state index in [1.54, 1.807) is 11.3 Å². The molecule has 21 heavy (non-hydrogen) atoms. The third-order valence-corrected chi connectivity index (χ3v) is 5.28. The second kappa shape index (κ2) is 6.22. The molecule has 3 rings (SSSR count). The molecular formula is C16H14BrFN2S. The van der Waals surface area contributed by atoms with E-state index in [0.717, 1.165) is 27.0 Å². The number of halogens is 2. The Hall–Kier alpha value is -1.30. The maximum absolute atomic E-state index is 13.2. The van der Waals surface area contributed by atoms with Gasteiger partial charge in [0.1, 0.15) is 10.8 Å².